The third kappa shape index (κ3) is 4.64. The molecule has 0 N–H and O–H groups in total. The quantitative estimate of drug-likeness (QED) is 0.399. The van der Waals surface area contributed by atoms with Crippen LogP contribution in [0.2, 0.25) is 0 Å². The number of aryl methyl sites for hydroxylation is 3. The van der Waals surface area contributed by atoms with E-state index >= 15 is 0 Å². The second-order valence-corrected chi connectivity index (χ2v) is 8.05. The van der Waals surface area contributed by atoms with E-state index in [1.54, 1.807) is 11.8 Å². The van der Waals surface area contributed by atoms with Crippen LogP contribution < -0.4 is 0 Å². The highest BCUT2D eigenvalue weighted by Gasteiger charge is 2.08. The summed E-state index contributed by atoms with van der Waals surface area (Å²) >= 11 is 1.79. The summed E-state index contributed by atoms with van der Waals surface area (Å²) in [5.74, 6) is 0.412. The van der Waals surface area contributed by atoms with Crippen molar-refractivity contribution >= 4 is 11.8 Å². The van der Waals surface area contributed by atoms with Crippen LogP contribution in [0.15, 0.2) is 64.9 Å². The van der Waals surface area contributed by atoms with Gasteiger partial charge in [0.1, 0.15) is 0 Å². The van der Waals surface area contributed by atoms with E-state index in [9.17, 15) is 0 Å². The Morgan fingerprint density at radius 2 is 1.54 bits per heavy atom. The van der Waals surface area contributed by atoms with Crippen molar-refractivity contribution in [3.05, 3.63) is 87.9 Å². The van der Waals surface area contributed by atoms with Gasteiger partial charge in [-0.05, 0) is 66.5 Å². The molecule has 0 bridgehead atoms. The van der Waals surface area contributed by atoms with E-state index in [0.29, 0.717) is 5.92 Å². The van der Waals surface area contributed by atoms with Crippen molar-refractivity contribution in [2.75, 3.05) is 0 Å². The molecule has 0 fully saturated rings. The predicted molar refractivity (Wildman–Crippen MR) is 109 cm³/mol. The lowest BCUT2D eigenvalue weighted by atomic mass is 9.94. The molecule has 0 aliphatic rings. The van der Waals surface area contributed by atoms with Gasteiger partial charge < -0.3 is 0 Å². The van der Waals surface area contributed by atoms with Crippen LogP contribution in [0.4, 0.5) is 0 Å². The van der Waals surface area contributed by atoms with E-state index in [1.165, 1.54) is 43.2 Å². The van der Waals surface area contributed by atoms with E-state index in [0.717, 1.165) is 6.42 Å². The van der Waals surface area contributed by atoms with Crippen molar-refractivity contribution in [1.29, 1.82) is 0 Å². The molecule has 24 heavy (non-hydrogen) atoms. The second kappa shape index (κ2) is 7.90. The van der Waals surface area contributed by atoms with Gasteiger partial charge in [-0.2, -0.15) is 0 Å². The Labute approximate surface area is 151 Å². The van der Waals surface area contributed by atoms with Gasteiger partial charge in [-0.25, -0.2) is 0 Å². The molecule has 0 radical (unpaired) electrons. The lowest BCUT2D eigenvalue weighted by molar-refractivity contribution is 0.897. The Balaban J connectivity index is 2.05. The van der Waals surface area contributed by atoms with Crippen LogP contribution in [-0.2, 0) is 6.42 Å². The van der Waals surface area contributed by atoms with Crippen molar-refractivity contribution in [1.82, 2.24) is 0 Å². The Bertz CT molecular complexity index is 750. The van der Waals surface area contributed by atoms with Gasteiger partial charge in [0.15, 0.2) is 0 Å². The summed E-state index contributed by atoms with van der Waals surface area (Å²) in [5, 5.41) is 0. The first kappa shape index (κ1) is 18.6. The first-order valence-corrected chi connectivity index (χ1v) is 9.27. The Kier molecular flexibility index (Phi) is 6.12. The molecule has 0 aromatic heterocycles. The zero-order valence-electron chi connectivity index (χ0n) is 15.6. The molecule has 2 aromatic rings. The number of rotatable bonds is 6. The Hall–Kier alpha value is -1.73. The van der Waals surface area contributed by atoms with Gasteiger partial charge in [-0.15, -0.1) is 0 Å². The van der Waals surface area contributed by atoms with Gasteiger partial charge >= 0.3 is 0 Å². The van der Waals surface area contributed by atoms with Crippen molar-refractivity contribution in [2.24, 2.45) is 0 Å². The highest BCUT2D eigenvalue weighted by atomic mass is 32.2. The SMILES string of the molecule is C=C(Cc1ccc(C(C)C(=C)C)cc1)Sc1cc(C)c(C)cc1C. The van der Waals surface area contributed by atoms with Crippen molar-refractivity contribution < 1.29 is 0 Å². The van der Waals surface area contributed by atoms with Crippen LogP contribution >= 0.6 is 11.8 Å². The average Bonchev–Trinajstić information content (AvgIpc) is 2.52. The van der Waals surface area contributed by atoms with Crippen LogP contribution in [0.3, 0.4) is 0 Å². The molecule has 0 amide bonds. The molecule has 0 aliphatic carbocycles. The molecule has 0 aliphatic heterocycles. The summed E-state index contributed by atoms with van der Waals surface area (Å²) in [6.45, 7) is 19.1. The minimum Gasteiger partial charge on any atom is -0.0995 e. The molecule has 1 heteroatoms. The lowest BCUT2D eigenvalue weighted by Crippen LogP contribution is -1.95. The van der Waals surface area contributed by atoms with E-state index < -0.39 is 0 Å². The first-order valence-electron chi connectivity index (χ1n) is 8.45. The highest BCUT2D eigenvalue weighted by molar-refractivity contribution is 8.03. The molecule has 1 atom stereocenters. The van der Waals surface area contributed by atoms with E-state index in [1.807, 2.05) is 0 Å². The standard InChI is InChI=1S/C23H28S/c1-15(2)20(7)22-10-8-21(9-11-22)14-19(6)24-23-13-17(4)16(3)12-18(23)5/h8-13,20H,1,6,14H2,2-5,7H3. The van der Waals surface area contributed by atoms with Crippen molar-refractivity contribution in [2.45, 2.75) is 51.9 Å². The third-order valence-corrected chi connectivity index (χ3v) is 5.76. The fraction of sp³-hybridized carbons (Fsp3) is 0.304. The van der Waals surface area contributed by atoms with Gasteiger partial charge in [-0.3, -0.25) is 0 Å². The summed E-state index contributed by atoms with van der Waals surface area (Å²) < 4.78 is 0. The summed E-state index contributed by atoms with van der Waals surface area (Å²) in [7, 11) is 0. The van der Waals surface area contributed by atoms with Gasteiger partial charge in [0, 0.05) is 17.2 Å². The molecular formula is C23H28S. The largest absolute Gasteiger partial charge is 0.0995 e. The molecular weight excluding hydrogens is 308 g/mol. The third-order valence-electron chi connectivity index (χ3n) is 4.67. The van der Waals surface area contributed by atoms with Crippen LogP contribution in [0.25, 0.3) is 0 Å². The fourth-order valence-electron chi connectivity index (χ4n) is 2.67. The molecule has 0 heterocycles. The molecule has 126 valence electrons. The van der Waals surface area contributed by atoms with Gasteiger partial charge in [0.2, 0.25) is 0 Å². The van der Waals surface area contributed by atoms with Crippen LogP contribution in [-0.4, -0.2) is 0 Å². The Morgan fingerprint density at radius 1 is 0.958 bits per heavy atom. The van der Waals surface area contributed by atoms with Crippen molar-refractivity contribution in [3.63, 3.8) is 0 Å². The number of thioether (sulfide) groups is 1. The lowest BCUT2D eigenvalue weighted by Gasteiger charge is -2.13. The van der Waals surface area contributed by atoms with Crippen molar-refractivity contribution in [3.8, 4) is 0 Å². The molecule has 0 saturated heterocycles. The van der Waals surface area contributed by atoms with Gasteiger partial charge in [0.25, 0.3) is 0 Å². The maximum Gasteiger partial charge on any atom is 0.0151 e. The summed E-state index contributed by atoms with van der Waals surface area (Å²) in [6, 6.07) is 13.4. The van der Waals surface area contributed by atoms with E-state index in [4.69, 9.17) is 0 Å². The minimum absolute atomic E-state index is 0.412. The predicted octanol–water partition coefficient (Wildman–Crippen LogP) is 7.14. The monoisotopic (exact) mass is 336 g/mol. The molecule has 0 spiro atoms. The topological polar surface area (TPSA) is 0 Å². The second-order valence-electron chi connectivity index (χ2n) is 6.83. The average molecular weight is 337 g/mol. The van der Waals surface area contributed by atoms with Crippen LogP contribution in [0, 0.1) is 20.8 Å². The zero-order valence-corrected chi connectivity index (χ0v) is 16.4. The molecule has 1 unspecified atom stereocenters. The highest BCUT2D eigenvalue weighted by Crippen LogP contribution is 2.32. The summed E-state index contributed by atoms with van der Waals surface area (Å²) in [4.78, 5) is 2.50. The maximum atomic E-state index is 4.27. The van der Waals surface area contributed by atoms with Gasteiger partial charge in [0.05, 0.1) is 0 Å². The smallest absolute Gasteiger partial charge is 0.0151 e. The number of benzene rings is 2. The molecule has 0 nitrogen and oxygen atoms in total. The maximum absolute atomic E-state index is 4.27. The molecule has 2 aromatic carbocycles. The van der Waals surface area contributed by atoms with Gasteiger partial charge in [-0.1, -0.05) is 67.7 Å². The normalized spacial score (nSPS) is 12.0. The first-order chi connectivity index (χ1) is 11.3. The summed E-state index contributed by atoms with van der Waals surface area (Å²) in [6.07, 6.45) is 0.902. The van der Waals surface area contributed by atoms with Crippen LogP contribution in [0.1, 0.15) is 47.6 Å². The fourth-order valence-corrected chi connectivity index (χ4v) is 3.68. The number of allylic oxidation sites excluding steroid dienone is 2. The number of hydrogen-bond donors (Lipinski definition) is 0. The summed E-state index contributed by atoms with van der Waals surface area (Å²) in [5.41, 5.74) is 7.86. The number of hydrogen-bond acceptors (Lipinski definition) is 1. The molecule has 2 rings (SSSR count). The molecule has 0 saturated carbocycles. The van der Waals surface area contributed by atoms with E-state index in [-0.39, 0.29) is 0 Å². The van der Waals surface area contributed by atoms with E-state index in [2.05, 4.69) is 84.2 Å². The van der Waals surface area contributed by atoms with Crippen LogP contribution in [0.5, 0.6) is 0 Å². The Morgan fingerprint density at radius 3 is 2.12 bits per heavy atom. The minimum atomic E-state index is 0.412. The zero-order chi connectivity index (χ0) is 17.9.